The molecule has 1 aliphatic heterocycles. The molecule has 29 heavy (non-hydrogen) atoms. The lowest BCUT2D eigenvalue weighted by molar-refractivity contribution is 0.0780. The topological polar surface area (TPSA) is 93.2 Å². The third kappa shape index (κ3) is 4.12. The number of carbonyl (C=O) groups is 1. The number of likely N-dealkylation sites (tertiary alicyclic amines) is 1. The van der Waals surface area contributed by atoms with Gasteiger partial charge in [0.2, 0.25) is 0 Å². The molecular weight excluding hydrogens is 366 g/mol. The van der Waals surface area contributed by atoms with Crippen molar-refractivity contribution in [2.45, 2.75) is 19.0 Å². The molecule has 0 radical (unpaired) electrons. The summed E-state index contributed by atoms with van der Waals surface area (Å²) in [6.07, 6.45) is 4.39. The number of aryl methyl sites for hydroxylation is 1. The molecule has 2 aromatic heterocycles. The van der Waals surface area contributed by atoms with Crippen LogP contribution in [-0.4, -0.2) is 61.6 Å². The summed E-state index contributed by atoms with van der Waals surface area (Å²) >= 11 is 0. The van der Waals surface area contributed by atoms with Gasteiger partial charge in [-0.25, -0.2) is 9.97 Å². The highest BCUT2D eigenvalue weighted by Crippen LogP contribution is 2.25. The van der Waals surface area contributed by atoms with E-state index >= 15 is 0 Å². The molecule has 0 spiro atoms. The second-order valence-corrected chi connectivity index (χ2v) is 7.44. The first-order valence-electron chi connectivity index (χ1n) is 9.67. The van der Waals surface area contributed by atoms with E-state index in [2.05, 4.69) is 20.0 Å². The van der Waals surface area contributed by atoms with Crippen LogP contribution in [0.3, 0.4) is 0 Å². The Bertz CT molecular complexity index is 1000. The van der Waals surface area contributed by atoms with Gasteiger partial charge in [-0.2, -0.15) is 5.10 Å². The first kappa shape index (κ1) is 19.1. The number of aromatic nitrogens is 4. The number of rotatable bonds is 5. The lowest BCUT2D eigenvalue weighted by Crippen LogP contribution is -2.36. The third-order valence-corrected chi connectivity index (χ3v) is 5.30. The summed E-state index contributed by atoms with van der Waals surface area (Å²) in [5.41, 5.74) is 8.06. The molecule has 1 fully saturated rings. The van der Waals surface area contributed by atoms with Gasteiger partial charge in [0.05, 0.1) is 12.1 Å². The van der Waals surface area contributed by atoms with E-state index in [0.29, 0.717) is 30.3 Å². The molecule has 1 atom stereocenters. The second-order valence-electron chi connectivity index (χ2n) is 7.44. The van der Waals surface area contributed by atoms with E-state index in [4.69, 9.17) is 5.73 Å². The second kappa shape index (κ2) is 8.00. The van der Waals surface area contributed by atoms with Gasteiger partial charge in [0.25, 0.3) is 5.91 Å². The molecule has 3 heterocycles. The fourth-order valence-corrected chi connectivity index (χ4v) is 3.75. The maximum atomic E-state index is 13.2. The zero-order chi connectivity index (χ0) is 20.4. The van der Waals surface area contributed by atoms with E-state index in [1.54, 1.807) is 16.9 Å². The number of carbonyl (C=O) groups excluding carboxylic acids is 1. The molecule has 8 heteroatoms. The number of likely N-dealkylation sites (N-methyl/N-ethyl adjacent to an activating group) is 1. The van der Waals surface area contributed by atoms with Crippen LogP contribution in [-0.2, 0) is 13.6 Å². The predicted molar refractivity (Wildman–Crippen MR) is 111 cm³/mol. The van der Waals surface area contributed by atoms with Gasteiger partial charge in [-0.1, -0.05) is 30.3 Å². The van der Waals surface area contributed by atoms with Crippen molar-refractivity contribution in [2.75, 3.05) is 25.9 Å². The Morgan fingerprint density at radius 1 is 1.28 bits per heavy atom. The number of hydrogen-bond donors (Lipinski definition) is 1. The van der Waals surface area contributed by atoms with Crippen molar-refractivity contribution >= 4 is 11.7 Å². The standard InChI is InChI=1S/C21H25N7O/c1-26(14-19-23-10-8-18(22)24-19)16-9-11-28(12-16)21(29)17-13-27(2)25-20(17)15-6-4-3-5-7-15/h3-8,10,13,16H,9,11-12,14H2,1-2H3,(H2,22,23,24)/t16-/m1/s1. The minimum atomic E-state index is 0.0214. The summed E-state index contributed by atoms with van der Waals surface area (Å²) in [5, 5.41) is 4.52. The Labute approximate surface area is 170 Å². The van der Waals surface area contributed by atoms with Crippen LogP contribution in [0.15, 0.2) is 48.8 Å². The minimum Gasteiger partial charge on any atom is -0.384 e. The minimum absolute atomic E-state index is 0.0214. The van der Waals surface area contributed by atoms with E-state index in [9.17, 15) is 4.79 Å². The monoisotopic (exact) mass is 391 g/mol. The van der Waals surface area contributed by atoms with Crippen molar-refractivity contribution in [3.8, 4) is 11.3 Å². The van der Waals surface area contributed by atoms with Gasteiger partial charge in [0.15, 0.2) is 0 Å². The summed E-state index contributed by atoms with van der Waals surface area (Å²) < 4.78 is 1.70. The van der Waals surface area contributed by atoms with Crippen LogP contribution in [0.1, 0.15) is 22.6 Å². The van der Waals surface area contributed by atoms with Crippen LogP contribution in [0, 0.1) is 0 Å². The van der Waals surface area contributed by atoms with Crippen LogP contribution in [0.5, 0.6) is 0 Å². The van der Waals surface area contributed by atoms with Crippen LogP contribution in [0.2, 0.25) is 0 Å². The van der Waals surface area contributed by atoms with Crippen molar-refractivity contribution in [1.29, 1.82) is 0 Å². The summed E-state index contributed by atoms with van der Waals surface area (Å²) in [5.74, 6) is 1.18. The lowest BCUT2D eigenvalue weighted by atomic mass is 10.1. The molecule has 3 aromatic rings. The fraction of sp³-hybridized carbons (Fsp3) is 0.333. The SMILES string of the molecule is CN(Cc1nccc(N)n1)[C@@H]1CCN(C(=O)c2cn(C)nc2-c2ccccc2)C1. The summed E-state index contributed by atoms with van der Waals surface area (Å²) in [4.78, 5) is 25.9. The highest BCUT2D eigenvalue weighted by Gasteiger charge is 2.31. The molecule has 1 saturated heterocycles. The van der Waals surface area contributed by atoms with Crippen molar-refractivity contribution in [3.63, 3.8) is 0 Å². The molecule has 4 rings (SSSR count). The predicted octanol–water partition coefficient (Wildman–Crippen LogP) is 1.81. The molecule has 2 N–H and O–H groups in total. The van der Waals surface area contributed by atoms with Crippen molar-refractivity contribution < 1.29 is 4.79 Å². The largest absolute Gasteiger partial charge is 0.384 e. The zero-order valence-corrected chi connectivity index (χ0v) is 16.7. The summed E-state index contributed by atoms with van der Waals surface area (Å²) in [6.45, 7) is 1.98. The Hall–Kier alpha value is -3.26. The Morgan fingerprint density at radius 2 is 2.07 bits per heavy atom. The average molecular weight is 391 g/mol. The molecule has 150 valence electrons. The van der Waals surface area contributed by atoms with Gasteiger partial charge in [-0.15, -0.1) is 0 Å². The molecule has 1 amide bonds. The normalized spacial score (nSPS) is 16.5. The number of nitrogen functional groups attached to an aromatic ring is 1. The number of nitrogens with two attached hydrogens (primary N) is 1. The third-order valence-electron chi connectivity index (χ3n) is 5.30. The average Bonchev–Trinajstić information content (AvgIpc) is 3.35. The van der Waals surface area contributed by atoms with E-state index in [1.807, 2.05) is 55.5 Å². The van der Waals surface area contributed by atoms with Gasteiger partial charge < -0.3 is 10.6 Å². The van der Waals surface area contributed by atoms with Crippen molar-refractivity contribution in [3.05, 3.63) is 60.2 Å². The number of amides is 1. The molecule has 0 aliphatic carbocycles. The number of anilines is 1. The molecule has 1 aromatic carbocycles. The van der Waals surface area contributed by atoms with Crippen LogP contribution in [0.25, 0.3) is 11.3 Å². The van der Waals surface area contributed by atoms with E-state index in [-0.39, 0.29) is 11.9 Å². The Balaban J connectivity index is 1.46. The maximum Gasteiger partial charge on any atom is 0.257 e. The lowest BCUT2D eigenvalue weighted by Gasteiger charge is -2.24. The quantitative estimate of drug-likeness (QED) is 0.713. The highest BCUT2D eigenvalue weighted by molar-refractivity contribution is 6.00. The number of hydrogen-bond acceptors (Lipinski definition) is 6. The first-order chi connectivity index (χ1) is 14.0. The zero-order valence-electron chi connectivity index (χ0n) is 16.7. The molecule has 0 unspecified atom stereocenters. The van der Waals surface area contributed by atoms with Crippen LogP contribution >= 0.6 is 0 Å². The molecule has 8 nitrogen and oxygen atoms in total. The Morgan fingerprint density at radius 3 is 2.83 bits per heavy atom. The van der Waals surface area contributed by atoms with Gasteiger partial charge in [0, 0.05) is 44.1 Å². The summed E-state index contributed by atoms with van der Waals surface area (Å²) in [6, 6.07) is 11.8. The van der Waals surface area contributed by atoms with Gasteiger partial charge in [-0.3, -0.25) is 14.4 Å². The van der Waals surface area contributed by atoms with E-state index in [0.717, 1.165) is 24.2 Å². The van der Waals surface area contributed by atoms with Crippen LogP contribution in [0.4, 0.5) is 5.82 Å². The fourth-order valence-electron chi connectivity index (χ4n) is 3.75. The molecule has 1 aliphatic rings. The van der Waals surface area contributed by atoms with Gasteiger partial charge in [0.1, 0.15) is 17.3 Å². The van der Waals surface area contributed by atoms with Gasteiger partial charge in [-0.05, 0) is 19.5 Å². The van der Waals surface area contributed by atoms with Crippen molar-refractivity contribution in [1.82, 2.24) is 29.5 Å². The van der Waals surface area contributed by atoms with Crippen LogP contribution < -0.4 is 5.73 Å². The molecule has 0 bridgehead atoms. The van der Waals surface area contributed by atoms with Gasteiger partial charge >= 0.3 is 0 Å². The number of benzene rings is 1. The maximum absolute atomic E-state index is 13.2. The first-order valence-corrected chi connectivity index (χ1v) is 9.67. The van der Waals surface area contributed by atoms with E-state index in [1.165, 1.54) is 0 Å². The number of nitrogens with zero attached hydrogens (tertiary/aromatic N) is 6. The summed E-state index contributed by atoms with van der Waals surface area (Å²) in [7, 11) is 3.88. The molecular formula is C21H25N7O. The Kier molecular flexibility index (Phi) is 5.26. The highest BCUT2D eigenvalue weighted by atomic mass is 16.2. The van der Waals surface area contributed by atoms with E-state index < -0.39 is 0 Å². The smallest absolute Gasteiger partial charge is 0.257 e. The molecule has 0 saturated carbocycles. The van der Waals surface area contributed by atoms with Crippen molar-refractivity contribution in [2.24, 2.45) is 7.05 Å².